The zero-order chi connectivity index (χ0) is 15.7. The number of nitrogens with two attached hydrogens (primary N) is 1. The van der Waals surface area contributed by atoms with Crippen LogP contribution in [0.3, 0.4) is 0 Å². The number of hydrogen-bond acceptors (Lipinski definition) is 4. The largest absolute Gasteiger partial charge is 0.573 e. The molecule has 0 aliphatic rings. The first-order chi connectivity index (χ1) is 8.95. The molecule has 0 atom stereocenters. The lowest BCUT2D eigenvalue weighted by Crippen LogP contribution is -2.23. The van der Waals surface area contributed by atoms with E-state index in [4.69, 9.17) is 10.8 Å². The molecule has 1 rings (SSSR count). The van der Waals surface area contributed by atoms with E-state index in [0.29, 0.717) is 0 Å². The van der Waals surface area contributed by atoms with Gasteiger partial charge in [-0.1, -0.05) is 0 Å². The van der Waals surface area contributed by atoms with E-state index < -0.39 is 47.8 Å². The van der Waals surface area contributed by atoms with E-state index in [1.165, 1.54) is 0 Å². The molecule has 0 radical (unpaired) electrons. The van der Waals surface area contributed by atoms with Crippen LogP contribution < -0.4 is 10.5 Å². The monoisotopic (exact) mass is 304 g/mol. The van der Waals surface area contributed by atoms with E-state index in [0.717, 1.165) is 0 Å². The Labute approximate surface area is 107 Å². The summed E-state index contributed by atoms with van der Waals surface area (Å²) in [5, 5.41) is 8.70. The predicted octanol–water partition coefficient (Wildman–Crippen LogP) is 2.16. The molecule has 0 saturated carbocycles. The molecule has 0 unspecified atom stereocenters. The highest BCUT2D eigenvalue weighted by Gasteiger charge is 2.42. The summed E-state index contributed by atoms with van der Waals surface area (Å²) in [4.78, 5) is 13.6. The van der Waals surface area contributed by atoms with Crippen molar-refractivity contribution in [1.82, 2.24) is 4.98 Å². The predicted molar refractivity (Wildman–Crippen MR) is 50.8 cm³/mol. The number of aromatic carboxylic acids is 1. The molecule has 0 aliphatic heterocycles. The molecule has 11 heteroatoms. The van der Waals surface area contributed by atoms with Gasteiger partial charge in [-0.05, 0) is 6.07 Å². The Hall–Kier alpha value is -2.04. The van der Waals surface area contributed by atoms with Gasteiger partial charge in [0.25, 0.3) is 0 Å². The molecule has 1 aromatic heterocycles. The lowest BCUT2D eigenvalue weighted by Gasteiger charge is -2.16. The number of pyridine rings is 1. The van der Waals surface area contributed by atoms with E-state index in [1.807, 2.05) is 0 Å². The third-order valence-electron chi connectivity index (χ3n) is 1.98. The average Bonchev–Trinajstić information content (AvgIpc) is 2.24. The molecule has 5 nitrogen and oxygen atoms in total. The van der Waals surface area contributed by atoms with Gasteiger partial charge in [-0.25, -0.2) is 9.78 Å². The first-order valence-corrected chi connectivity index (χ1v) is 4.76. The van der Waals surface area contributed by atoms with Crippen molar-refractivity contribution in [3.05, 3.63) is 23.0 Å². The molecule has 0 saturated heterocycles. The Morgan fingerprint density at radius 1 is 1.30 bits per heavy atom. The smallest absolute Gasteiger partial charge is 0.478 e. The number of aromatic nitrogens is 1. The Kier molecular flexibility index (Phi) is 4.12. The van der Waals surface area contributed by atoms with Crippen molar-refractivity contribution >= 4 is 5.97 Å². The molecule has 20 heavy (non-hydrogen) atoms. The molecular formula is C9H6F6N2O3. The highest BCUT2D eigenvalue weighted by molar-refractivity contribution is 5.89. The summed E-state index contributed by atoms with van der Waals surface area (Å²) < 4.78 is 77.0. The van der Waals surface area contributed by atoms with E-state index in [2.05, 4.69) is 9.72 Å². The maximum absolute atomic E-state index is 12.6. The second kappa shape index (κ2) is 5.15. The third kappa shape index (κ3) is 3.73. The van der Waals surface area contributed by atoms with Gasteiger partial charge in [0.1, 0.15) is 0 Å². The molecule has 1 aromatic rings. The number of carboxylic acids is 1. The maximum Gasteiger partial charge on any atom is 0.573 e. The van der Waals surface area contributed by atoms with Gasteiger partial charge in [0.15, 0.2) is 11.4 Å². The Morgan fingerprint density at radius 2 is 1.85 bits per heavy atom. The molecule has 0 fully saturated rings. The van der Waals surface area contributed by atoms with Gasteiger partial charge in [-0.15, -0.1) is 13.2 Å². The third-order valence-corrected chi connectivity index (χ3v) is 1.98. The van der Waals surface area contributed by atoms with E-state index in [-0.39, 0.29) is 6.07 Å². The van der Waals surface area contributed by atoms with Crippen LogP contribution in [0.25, 0.3) is 0 Å². The van der Waals surface area contributed by atoms with Crippen LogP contribution in [0, 0.1) is 0 Å². The summed E-state index contributed by atoms with van der Waals surface area (Å²) in [5.74, 6) is -3.53. The molecule has 0 aliphatic carbocycles. The minimum Gasteiger partial charge on any atom is -0.478 e. The van der Waals surface area contributed by atoms with E-state index in [9.17, 15) is 31.1 Å². The highest BCUT2D eigenvalue weighted by atomic mass is 19.4. The molecule has 0 aromatic carbocycles. The van der Waals surface area contributed by atoms with Gasteiger partial charge < -0.3 is 15.6 Å². The first kappa shape index (κ1) is 16.0. The minimum absolute atomic E-state index is 0.0911. The van der Waals surface area contributed by atoms with E-state index >= 15 is 0 Å². The second-order valence-corrected chi connectivity index (χ2v) is 3.38. The van der Waals surface area contributed by atoms with E-state index in [1.54, 1.807) is 0 Å². The van der Waals surface area contributed by atoms with Crippen LogP contribution in [0.2, 0.25) is 0 Å². The van der Waals surface area contributed by atoms with Gasteiger partial charge in [0.05, 0.1) is 11.3 Å². The van der Waals surface area contributed by atoms with Crippen molar-refractivity contribution < 1.29 is 41.0 Å². The summed E-state index contributed by atoms with van der Waals surface area (Å²) in [5.41, 5.74) is 1.41. The summed E-state index contributed by atoms with van der Waals surface area (Å²) in [6.07, 6.45) is -10.7. The van der Waals surface area contributed by atoms with Crippen LogP contribution in [0.1, 0.15) is 21.7 Å². The fraction of sp³-hybridized carbons (Fsp3) is 0.333. The SMILES string of the molecule is NCc1nc(C(F)(F)F)c(OC(F)(F)F)cc1C(=O)O. The normalized spacial score (nSPS) is 12.3. The van der Waals surface area contributed by atoms with Gasteiger partial charge in [-0.3, -0.25) is 0 Å². The number of carbonyl (C=O) groups is 1. The average molecular weight is 304 g/mol. The fourth-order valence-electron chi connectivity index (χ4n) is 1.28. The van der Waals surface area contributed by atoms with Crippen molar-refractivity contribution in [2.24, 2.45) is 5.73 Å². The number of rotatable bonds is 3. The highest BCUT2D eigenvalue weighted by Crippen LogP contribution is 2.38. The van der Waals surface area contributed by atoms with Gasteiger partial charge in [0, 0.05) is 6.54 Å². The number of hydrogen-bond donors (Lipinski definition) is 2. The zero-order valence-corrected chi connectivity index (χ0v) is 9.34. The van der Waals surface area contributed by atoms with Crippen molar-refractivity contribution in [2.75, 3.05) is 0 Å². The molecule has 0 bridgehead atoms. The molecule has 112 valence electrons. The summed E-state index contributed by atoms with van der Waals surface area (Å²) >= 11 is 0. The number of ether oxygens (including phenoxy) is 1. The molecule has 0 spiro atoms. The van der Waals surface area contributed by atoms with Crippen molar-refractivity contribution in [1.29, 1.82) is 0 Å². The summed E-state index contributed by atoms with van der Waals surface area (Å²) in [7, 11) is 0. The van der Waals surface area contributed by atoms with Gasteiger partial charge in [0.2, 0.25) is 0 Å². The lowest BCUT2D eigenvalue weighted by molar-refractivity contribution is -0.276. The van der Waals surface area contributed by atoms with Crippen LogP contribution in [0.5, 0.6) is 5.75 Å². The molecule has 1 heterocycles. The van der Waals surface area contributed by atoms with Crippen LogP contribution in [0.4, 0.5) is 26.3 Å². The molecular weight excluding hydrogens is 298 g/mol. The molecule has 3 N–H and O–H groups in total. The Bertz CT molecular complexity index is 526. The lowest BCUT2D eigenvalue weighted by atomic mass is 10.1. The van der Waals surface area contributed by atoms with Crippen LogP contribution >= 0.6 is 0 Å². The van der Waals surface area contributed by atoms with Crippen molar-refractivity contribution in [3.8, 4) is 5.75 Å². The zero-order valence-electron chi connectivity index (χ0n) is 9.34. The van der Waals surface area contributed by atoms with Gasteiger partial charge >= 0.3 is 18.5 Å². The van der Waals surface area contributed by atoms with Crippen molar-refractivity contribution in [3.63, 3.8) is 0 Å². The summed E-state index contributed by atoms with van der Waals surface area (Å²) in [6.45, 7) is -0.697. The Morgan fingerprint density at radius 3 is 2.20 bits per heavy atom. The number of halogens is 6. The topological polar surface area (TPSA) is 85.4 Å². The number of alkyl halides is 6. The van der Waals surface area contributed by atoms with Crippen molar-refractivity contribution in [2.45, 2.75) is 19.1 Å². The quantitative estimate of drug-likeness (QED) is 0.836. The fourth-order valence-corrected chi connectivity index (χ4v) is 1.28. The van der Waals surface area contributed by atoms with Crippen LogP contribution in [-0.4, -0.2) is 22.4 Å². The number of carboxylic acid groups (broad SMARTS) is 1. The minimum atomic E-state index is -5.43. The standard InChI is InChI=1S/C9H6F6N2O3/c10-8(11,12)6-5(20-9(13,14)15)1-3(7(18)19)4(2-16)17-6/h1H,2,16H2,(H,18,19). The number of nitrogens with zero attached hydrogens (tertiary/aromatic N) is 1. The van der Waals surface area contributed by atoms with Crippen LogP contribution in [-0.2, 0) is 12.7 Å². The first-order valence-electron chi connectivity index (χ1n) is 4.76. The Balaban J connectivity index is 3.52. The van der Waals surface area contributed by atoms with Gasteiger partial charge in [-0.2, -0.15) is 13.2 Å². The second-order valence-electron chi connectivity index (χ2n) is 3.38. The van der Waals surface area contributed by atoms with Crippen LogP contribution in [0.15, 0.2) is 6.07 Å². The molecule has 0 amide bonds. The maximum atomic E-state index is 12.6. The summed E-state index contributed by atoms with van der Waals surface area (Å²) in [6, 6.07) is 0.0911.